The van der Waals surface area contributed by atoms with E-state index >= 15 is 0 Å². The predicted molar refractivity (Wildman–Crippen MR) is 73.1 cm³/mol. The SMILES string of the molecule is CN1CCc2sc(SNC(C)(C)C)c(F)c2C1. The Hall–Kier alpha value is -0.100. The third kappa shape index (κ3) is 3.22. The molecule has 96 valence electrons. The minimum atomic E-state index is -0.0155. The van der Waals surface area contributed by atoms with Crippen molar-refractivity contribution in [3.8, 4) is 0 Å². The van der Waals surface area contributed by atoms with Gasteiger partial charge >= 0.3 is 0 Å². The van der Waals surface area contributed by atoms with Crippen molar-refractivity contribution >= 4 is 23.3 Å². The van der Waals surface area contributed by atoms with Crippen molar-refractivity contribution in [3.63, 3.8) is 0 Å². The van der Waals surface area contributed by atoms with Gasteiger partial charge in [0.05, 0.1) is 0 Å². The molecule has 0 spiro atoms. The molecule has 0 amide bonds. The average Bonchev–Trinajstić information content (AvgIpc) is 2.52. The zero-order valence-corrected chi connectivity index (χ0v) is 12.4. The first-order valence-electron chi connectivity index (χ1n) is 5.79. The first-order valence-corrected chi connectivity index (χ1v) is 7.43. The van der Waals surface area contributed by atoms with E-state index in [1.807, 2.05) is 7.05 Å². The minimum absolute atomic E-state index is 0.00159. The Morgan fingerprint density at radius 1 is 1.41 bits per heavy atom. The van der Waals surface area contributed by atoms with Crippen LogP contribution in [0.2, 0.25) is 0 Å². The van der Waals surface area contributed by atoms with E-state index in [1.165, 1.54) is 16.8 Å². The van der Waals surface area contributed by atoms with E-state index in [0.29, 0.717) is 0 Å². The molecule has 1 aliphatic rings. The lowest BCUT2D eigenvalue weighted by Crippen LogP contribution is -2.29. The zero-order valence-electron chi connectivity index (χ0n) is 10.8. The van der Waals surface area contributed by atoms with E-state index in [1.54, 1.807) is 11.3 Å². The lowest BCUT2D eigenvalue weighted by molar-refractivity contribution is 0.308. The molecule has 0 atom stereocenters. The van der Waals surface area contributed by atoms with E-state index in [-0.39, 0.29) is 11.4 Å². The highest BCUT2D eigenvalue weighted by atomic mass is 32.2. The molecule has 0 aliphatic carbocycles. The number of likely N-dealkylation sites (N-methyl/N-ethyl adjacent to an activating group) is 1. The molecule has 1 aliphatic heterocycles. The second-order valence-electron chi connectivity index (χ2n) is 5.55. The smallest absolute Gasteiger partial charge is 0.153 e. The maximum atomic E-state index is 14.2. The van der Waals surface area contributed by atoms with E-state index in [0.717, 1.165) is 29.3 Å². The summed E-state index contributed by atoms with van der Waals surface area (Å²) in [6, 6.07) is 0. The zero-order chi connectivity index (χ0) is 12.6. The average molecular weight is 274 g/mol. The molecular formula is C12H19FN2S2. The maximum Gasteiger partial charge on any atom is 0.153 e. The van der Waals surface area contributed by atoms with Gasteiger partial charge in [0.15, 0.2) is 5.82 Å². The Morgan fingerprint density at radius 3 is 2.76 bits per heavy atom. The van der Waals surface area contributed by atoms with Gasteiger partial charge in [0.1, 0.15) is 4.21 Å². The molecule has 5 heteroatoms. The largest absolute Gasteiger partial charge is 0.302 e. The summed E-state index contributed by atoms with van der Waals surface area (Å²) in [4.78, 5) is 3.39. The minimum Gasteiger partial charge on any atom is -0.302 e. The molecule has 2 heterocycles. The highest BCUT2D eigenvalue weighted by Crippen LogP contribution is 2.37. The topological polar surface area (TPSA) is 15.3 Å². The van der Waals surface area contributed by atoms with Gasteiger partial charge in [0.25, 0.3) is 0 Å². The molecule has 2 rings (SSSR count). The molecule has 1 N–H and O–H groups in total. The summed E-state index contributed by atoms with van der Waals surface area (Å²) in [7, 11) is 2.04. The fraction of sp³-hybridized carbons (Fsp3) is 0.667. The van der Waals surface area contributed by atoms with Crippen LogP contribution in [0, 0.1) is 5.82 Å². The van der Waals surface area contributed by atoms with Gasteiger partial charge < -0.3 is 4.90 Å². The molecule has 17 heavy (non-hydrogen) atoms. The van der Waals surface area contributed by atoms with Crippen LogP contribution in [0.3, 0.4) is 0 Å². The fourth-order valence-corrected chi connectivity index (χ4v) is 3.84. The molecule has 0 saturated heterocycles. The van der Waals surface area contributed by atoms with Crippen LogP contribution in [0.5, 0.6) is 0 Å². The second-order valence-corrected chi connectivity index (χ2v) is 7.73. The van der Waals surface area contributed by atoms with Crippen molar-refractivity contribution in [3.05, 3.63) is 16.3 Å². The highest BCUT2D eigenvalue weighted by Gasteiger charge is 2.24. The highest BCUT2D eigenvalue weighted by molar-refractivity contribution is 7.99. The Bertz CT molecular complexity index is 409. The van der Waals surface area contributed by atoms with Crippen LogP contribution in [0.4, 0.5) is 4.39 Å². The first-order chi connectivity index (χ1) is 7.87. The molecule has 1 aromatic rings. The first kappa shape index (κ1) is 13.3. The summed E-state index contributed by atoms with van der Waals surface area (Å²) in [6.07, 6.45) is 0.976. The van der Waals surface area contributed by atoms with Crippen molar-refractivity contribution in [2.75, 3.05) is 13.6 Å². The summed E-state index contributed by atoms with van der Waals surface area (Å²) in [6.45, 7) is 8.02. The monoisotopic (exact) mass is 274 g/mol. The Balaban J connectivity index is 2.14. The van der Waals surface area contributed by atoms with Crippen LogP contribution >= 0.6 is 23.3 Å². The lowest BCUT2D eigenvalue weighted by atomic mass is 10.1. The number of fused-ring (bicyclic) bond motifs is 1. The van der Waals surface area contributed by atoms with Gasteiger partial charge in [-0.05, 0) is 46.2 Å². The lowest BCUT2D eigenvalue weighted by Gasteiger charge is -2.21. The van der Waals surface area contributed by atoms with Crippen LogP contribution in [0.1, 0.15) is 31.2 Å². The van der Waals surface area contributed by atoms with Crippen molar-refractivity contribution in [2.24, 2.45) is 0 Å². The maximum absolute atomic E-state index is 14.2. The number of halogens is 1. The third-order valence-electron chi connectivity index (χ3n) is 2.60. The Morgan fingerprint density at radius 2 is 2.12 bits per heavy atom. The van der Waals surface area contributed by atoms with E-state index in [4.69, 9.17) is 0 Å². The fourth-order valence-electron chi connectivity index (χ4n) is 1.73. The van der Waals surface area contributed by atoms with Crippen LogP contribution in [-0.2, 0) is 13.0 Å². The molecule has 0 radical (unpaired) electrons. The number of nitrogens with one attached hydrogen (secondary N) is 1. The van der Waals surface area contributed by atoms with Crippen LogP contribution in [-0.4, -0.2) is 24.0 Å². The van der Waals surface area contributed by atoms with Gasteiger partial charge in [0.2, 0.25) is 0 Å². The van der Waals surface area contributed by atoms with E-state index in [2.05, 4.69) is 30.4 Å². The number of hydrogen-bond acceptors (Lipinski definition) is 4. The molecule has 0 aromatic carbocycles. The summed E-state index contributed by atoms with van der Waals surface area (Å²) in [5.74, 6) is -0.0155. The van der Waals surface area contributed by atoms with Crippen LogP contribution in [0.15, 0.2) is 4.21 Å². The van der Waals surface area contributed by atoms with Crippen molar-refractivity contribution in [1.82, 2.24) is 9.62 Å². The number of thiophene rings is 1. The quantitative estimate of drug-likeness (QED) is 0.833. The van der Waals surface area contributed by atoms with Gasteiger partial charge in [-0.15, -0.1) is 11.3 Å². The third-order valence-corrected chi connectivity index (χ3v) is 5.24. The molecule has 1 aromatic heterocycles. The van der Waals surface area contributed by atoms with Crippen LogP contribution in [0.25, 0.3) is 0 Å². The summed E-state index contributed by atoms with van der Waals surface area (Å²) >= 11 is 3.03. The number of nitrogens with zero attached hydrogens (tertiary/aromatic N) is 1. The van der Waals surface area contributed by atoms with E-state index in [9.17, 15) is 4.39 Å². The molecule has 0 fully saturated rings. The van der Waals surface area contributed by atoms with Crippen molar-refractivity contribution in [1.29, 1.82) is 0 Å². The van der Waals surface area contributed by atoms with Crippen LogP contribution < -0.4 is 4.72 Å². The Kier molecular flexibility index (Phi) is 3.83. The predicted octanol–water partition coefficient (Wildman–Crippen LogP) is 3.27. The van der Waals surface area contributed by atoms with Gasteiger partial charge in [-0.1, -0.05) is 0 Å². The summed E-state index contributed by atoms with van der Waals surface area (Å²) in [5, 5.41) is 0. The molecule has 0 bridgehead atoms. The molecular weight excluding hydrogens is 255 g/mol. The molecule has 0 saturated carbocycles. The van der Waals surface area contributed by atoms with Crippen molar-refractivity contribution < 1.29 is 4.39 Å². The number of hydrogen-bond donors (Lipinski definition) is 1. The summed E-state index contributed by atoms with van der Waals surface area (Å²) in [5.41, 5.74) is 0.903. The van der Waals surface area contributed by atoms with Gasteiger partial charge in [-0.3, -0.25) is 4.72 Å². The number of rotatable bonds is 2. The molecule has 2 nitrogen and oxygen atoms in total. The second kappa shape index (κ2) is 4.88. The van der Waals surface area contributed by atoms with Gasteiger partial charge in [-0.25, -0.2) is 4.39 Å². The van der Waals surface area contributed by atoms with Crippen molar-refractivity contribution in [2.45, 2.75) is 43.5 Å². The summed E-state index contributed by atoms with van der Waals surface area (Å²) < 4.78 is 18.2. The molecule has 0 unspecified atom stereocenters. The van der Waals surface area contributed by atoms with Gasteiger partial charge in [-0.2, -0.15) is 0 Å². The Labute approximate surface area is 111 Å². The van der Waals surface area contributed by atoms with E-state index < -0.39 is 0 Å². The normalized spacial score (nSPS) is 17.2. The standard InChI is InChI=1S/C12H19FN2S2/c1-12(2,3)14-17-11-10(13)8-7-15(4)6-5-9(8)16-11/h14H,5-7H2,1-4H3. The van der Waals surface area contributed by atoms with Gasteiger partial charge in [0, 0.05) is 29.1 Å².